The van der Waals surface area contributed by atoms with E-state index in [2.05, 4.69) is 21.2 Å². The van der Waals surface area contributed by atoms with Crippen LogP contribution in [0, 0.1) is 17.5 Å². The van der Waals surface area contributed by atoms with Crippen molar-refractivity contribution in [2.24, 2.45) is 0 Å². The Balaban J connectivity index is 2.19. The molecule has 0 aliphatic heterocycles. The molecule has 1 N–H and O–H groups in total. The average molecular weight is 351 g/mol. The largest absolute Gasteiger partial charge is 0.378 e. The fourth-order valence-corrected chi connectivity index (χ4v) is 2.07. The summed E-state index contributed by atoms with van der Waals surface area (Å²) in [6.07, 6.45) is 0. The van der Waals surface area contributed by atoms with Gasteiger partial charge in [0.15, 0.2) is 0 Å². The van der Waals surface area contributed by atoms with Gasteiger partial charge >= 0.3 is 0 Å². The molecule has 6 heteroatoms. The van der Waals surface area contributed by atoms with Crippen LogP contribution in [0.1, 0.15) is 5.56 Å². The molecule has 0 fully saturated rings. The lowest BCUT2D eigenvalue weighted by atomic mass is 10.2. The zero-order valence-electron chi connectivity index (χ0n) is 9.48. The molecule has 100 valence electrons. The Morgan fingerprint density at radius 3 is 2.58 bits per heavy atom. The van der Waals surface area contributed by atoms with Crippen molar-refractivity contribution in [3.05, 3.63) is 62.8 Å². The number of rotatable bonds is 3. The minimum absolute atomic E-state index is 0.0000543. The van der Waals surface area contributed by atoms with Crippen molar-refractivity contribution in [3.63, 3.8) is 0 Å². The Hall–Kier alpha value is -1.20. The van der Waals surface area contributed by atoms with Gasteiger partial charge in [0.1, 0.15) is 17.5 Å². The molecule has 0 unspecified atom stereocenters. The van der Waals surface area contributed by atoms with E-state index in [9.17, 15) is 13.2 Å². The van der Waals surface area contributed by atoms with Crippen LogP contribution in [0.4, 0.5) is 18.9 Å². The summed E-state index contributed by atoms with van der Waals surface area (Å²) in [5.41, 5.74) is 0.375. The molecule has 0 aliphatic rings. The van der Waals surface area contributed by atoms with Crippen LogP contribution in [0.15, 0.2) is 34.8 Å². The van der Waals surface area contributed by atoms with Gasteiger partial charge in [-0.1, -0.05) is 23.7 Å². The zero-order chi connectivity index (χ0) is 14.0. The van der Waals surface area contributed by atoms with Crippen LogP contribution in [0.3, 0.4) is 0 Å². The Morgan fingerprint density at radius 1 is 1.11 bits per heavy atom. The minimum atomic E-state index is -0.747. The number of hydrogen-bond donors (Lipinski definition) is 1. The fourth-order valence-electron chi connectivity index (χ4n) is 1.53. The minimum Gasteiger partial charge on any atom is -0.378 e. The topological polar surface area (TPSA) is 12.0 Å². The molecule has 0 amide bonds. The van der Waals surface area contributed by atoms with Crippen LogP contribution in [0.5, 0.6) is 0 Å². The Morgan fingerprint density at radius 2 is 1.84 bits per heavy atom. The van der Waals surface area contributed by atoms with Gasteiger partial charge in [-0.15, -0.1) is 0 Å². The smallest absolute Gasteiger partial charge is 0.149 e. The summed E-state index contributed by atoms with van der Waals surface area (Å²) >= 11 is 8.59. The zero-order valence-corrected chi connectivity index (χ0v) is 11.8. The quantitative estimate of drug-likeness (QED) is 0.757. The lowest BCUT2D eigenvalue weighted by molar-refractivity contribution is 0.580. The van der Waals surface area contributed by atoms with Crippen molar-refractivity contribution in [1.82, 2.24) is 0 Å². The summed E-state index contributed by atoms with van der Waals surface area (Å²) < 4.78 is 40.3. The Kier molecular flexibility index (Phi) is 4.37. The first kappa shape index (κ1) is 14.2. The maximum atomic E-state index is 13.6. The van der Waals surface area contributed by atoms with Gasteiger partial charge in [-0.25, -0.2) is 13.2 Å². The van der Waals surface area contributed by atoms with Gasteiger partial charge in [0, 0.05) is 18.2 Å². The van der Waals surface area contributed by atoms with Crippen molar-refractivity contribution in [2.75, 3.05) is 5.32 Å². The first-order chi connectivity index (χ1) is 8.99. The summed E-state index contributed by atoms with van der Waals surface area (Å²) in [7, 11) is 0. The van der Waals surface area contributed by atoms with Crippen molar-refractivity contribution in [1.29, 1.82) is 0 Å². The number of benzene rings is 2. The maximum Gasteiger partial charge on any atom is 0.149 e. The van der Waals surface area contributed by atoms with E-state index in [1.807, 2.05) is 0 Å². The van der Waals surface area contributed by atoms with Crippen molar-refractivity contribution in [2.45, 2.75) is 6.54 Å². The van der Waals surface area contributed by atoms with Crippen LogP contribution >= 0.6 is 27.5 Å². The van der Waals surface area contributed by atoms with Gasteiger partial charge in [-0.05, 0) is 28.1 Å². The summed E-state index contributed by atoms with van der Waals surface area (Å²) in [6, 6.07) is 6.56. The van der Waals surface area contributed by atoms with E-state index in [0.29, 0.717) is 5.56 Å². The van der Waals surface area contributed by atoms with E-state index in [1.165, 1.54) is 18.2 Å². The highest BCUT2D eigenvalue weighted by molar-refractivity contribution is 9.10. The molecule has 2 aromatic rings. The third kappa shape index (κ3) is 3.22. The predicted octanol–water partition coefficient (Wildman–Crippen LogP) is 5.13. The Labute approximate surface area is 121 Å². The standard InChI is InChI=1S/C13H8BrClF3N/c14-8-4-12(11(17)5-10(8)16)19-6-7-2-1-3-9(15)13(7)18/h1-5,19H,6H2. The van der Waals surface area contributed by atoms with Crippen LogP contribution in [-0.4, -0.2) is 0 Å². The molecule has 0 atom stereocenters. The summed E-state index contributed by atoms with van der Waals surface area (Å²) in [5.74, 6) is -2.00. The lowest BCUT2D eigenvalue weighted by Gasteiger charge is -2.10. The second-order valence-electron chi connectivity index (χ2n) is 3.81. The molecule has 19 heavy (non-hydrogen) atoms. The predicted molar refractivity (Wildman–Crippen MR) is 72.8 cm³/mol. The number of hydrogen-bond acceptors (Lipinski definition) is 1. The van der Waals surface area contributed by atoms with Gasteiger partial charge in [0.05, 0.1) is 15.2 Å². The van der Waals surface area contributed by atoms with Gasteiger partial charge in [0.2, 0.25) is 0 Å². The van der Waals surface area contributed by atoms with Gasteiger partial charge in [-0.2, -0.15) is 0 Å². The van der Waals surface area contributed by atoms with E-state index in [4.69, 9.17) is 11.6 Å². The lowest BCUT2D eigenvalue weighted by Crippen LogP contribution is -2.04. The third-order valence-corrected chi connectivity index (χ3v) is 3.41. The monoisotopic (exact) mass is 349 g/mol. The van der Waals surface area contributed by atoms with Crippen LogP contribution in [0.25, 0.3) is 0 Å². The Bertz CT molecular complexity index is 619. The molecule has 0 radical (unpaired) electrons. The van der Waals surface area contributed by atoms with E-state index in [1.54, 1.807) is 6.07 Å². The van der Waals surface area contributed by atoms with Crippen LogP contribution in [-0.2, 0) is 6.54 Å². The molecule has 0 aromatic heterocycles. The molecule has 0 aliphatic carbocycles. The van der Waals surface area contributed by atoms with Gasteiger partial charge < -0.3 is 5.32 Å². The van der Waals surface area contributed by atoms with Gasteiger partial charge in [-0.3, -0.25) is 0 Å². The number of anilines is 1. The maximum absolute atomic E-state index is 13.6. The molecule has 1 nitrogen and oxygen atoms in total. The first-order valence-electron chi connectivity index (χ1n) is 5.30. The highest BCUT2D eigenvalue weighted by Gasteiger charge is 2.10. The molecule has 2 aromatic carbocycles. The van der Waals surface area contributed by atoms with E-state index in [0.717, 1.165) is 6.07 Å². The first-order valence-corrected chi connectivity index (χ1v) is 6.47. The normalized spacial score (nSPS) is 10.6. The van der Waals surface area contributed by atoms with Crippen LogP contribution in [0.2, 0.25) is 5.02 Å². The van der Waals surface area contributed by atoms with E-state index >= 15 is 0 Å². The highest BCUT2D eigenvalue weighted by Crippen LogP contribution is 2.25. The van der Waals surface area contributed by atoms with Crippen molar-refractivity contribution >= 4 is 33.2 Å². The fraction of sp³-hybridized carbons (Fsp3) is 0.0769. The van der Waals surface area contributed by atoms with E-state index in [-0.39, 0.29) is 21.7 Å². The van der Waals surface area contributed by atoms with Crippen LogP contribution < -0.4 is 5.32 Å². The number of nitrogens with one attached hydrogen (secondary N) is 1. The molecule has 0 saturated heterocycles. The molecule has 0 heterocycles. The number of halogens is 5. The molecule has 0 spiro atoms. The average Bonchev–Trinajstić information content (AvgIpc) is 2.37. The van der Waals surface area contributed by atoms with E-state index < -0.39 is 17.5 Å². The summed E-state index contributed by atoms with van der Waals surface area (Å²) in [4.78, 5) is 0. The molecule has 0 bridgehead atoms. The third-order valence-electron chi connectivity index (χ3n) is 2.51. The second-order valence-corrected chi connectivity index (χ2v) is 5.07. The molecular weight excluding hydrogens is 343 g/mol. The van der Waals surface area contributed by atoms with Gasteiger partial charge in [0.25, 0.3) is 0 Å². The highest BCUT2D eigenvalue weighted by atomic mass is 79.9. The second kappa shape index (κ2) is 5.84. The molecule has 2 rings (SSSR count). The molecular formula is C13H8BrClF3N. The van der Waals surface area contributed by atoms with Crippen molar-refractivity contribution in [3.8, 4) is 0 Å². The summed E-state index contributed by atoms with van der Waals surface area (Å²) in [5, 5.41) is 2.70. The SMILES string of the molecule is Fc1cc(F)c(NCc2cccc(Cl)c2F)cc1Br. The summed E-state index contributed by atoms with van der Waals surface area (Å²) in [6.45, 7) is 0.0430. The molecule has 0 saturated carbocycles. The van der Waals surface area contributed by atoms with Crippen molar-refractivity contribution < 1.29 is 13.2 Å².